The molecule has 1 aliphatic rings. The van der Waals surface area contributed by atoms with Gasteiger partial charge in [0, 0.05) is 45.1 Å². The van der Waals surface area contributed by atoms with Crippen molar-refractivity contribution in [3.05, 3.63) is 47.5 Å². The molecule has 25 nitrogen and oxygen atoms in total. The van der Waals surface area contributed by atoms with Gasteiger partial charge in [-0.15, -0.1) is 0 Å². The van der Waals surface area contributed by atoms with Gasteiger partial charge in [-0.3, -0.25) is 19.2 Å². The lowest BCUT2D eigenvalue weighted by Crippen LogP contribution is -2.59. The van der Waals surface area contributed by atoms with Crippen molar-refractivity contribution in [2.24, 2.45) is 0 Å². The fourth-order valence-electron chi connectivity index (χ4n) is 8.04. The molecule has 0 spiro atoms. The van der Waals surface area contributed by atoms with Crippen LogP contribution in [0, 0.1) is 0 Å². The molecule has 11 N–H and O–H groups in total. The van der Waals surface area contributed by atoms with E-state index >= 15 is 0 Å². The summed E-state index contributed by atoms with van der Waals surface area (Å²) in [6, 6.07) is 2.44. The Balaban J connectivity index is 2.12. The Labute approximate surface area is 487 Å². The monoisotopic (exact) mass is 1170 g/mol. The first kappa shape index (κ1) is 69.5. The van der Waals surface area contributed by atoms with Crippen LogP contribution >= 0.6 is 0 Å². The summed E-state index contributed by atoms with van der Waals surface area (Å²) in [5.41, 5.74) is -2.87. The van der Waals surface area contributed by atoms with Gasteiger partial charge in [0.1, 0.15) is 63.7 Å². The molecule has 0 saturated carbocycles. The maximum atomic E-state index is 14.9. The highest BCUT2D eigenvalue weighted by Gasteiger charge is 2.34. The number of aromatic hydroxyl groups is 2. The number of ether oxygens (including phenoxy) is 5. The summed E-state index contributed by atoms with van der Waals surface area (Å²) in [5.74, 6) is -3.94. The number of fused-ring (bicyclic) bond motifs is 5. The van der Waals surface area contributed by atoms with E-state index in [-0.39, 0.29) is 93.8 Å². The molecule has 0 unspecified atom stereocenters. The fraction of sp³-hybridized carbons (Fsp3) is 0.638. The average molecular weight is 1170 g/mol. The number of benzene rings is 2. The molecule has 0 aliphatic carbocycles. The van der Waals surface area contributed by atoms with Crippen molar-refractivity contribution < 1.29 is 77.0 Å². The van der Waals surface area contributed by atoms with Crippen molar-refractivity contribution in [1.29, 1.82) is 0 Å². The molecule has 2 aromatic rings. The molecule has 0 aromatic heterocycles. The highest BCUT2D eigenvalue weighted by Crippen LogP contribution is 2.31. The summed E-state index contributed by atoms with van der Waals surface area (Å²) in [7, 11) is 0. The molecular formula is C58H91N9O16. The minimum atomic E-state index is -1.59. The van der Waals surface area contributed by atoms with Gasteiger partial charge in [0.2, 0.25) is 23.6 Å². The Kier molecular flexibility index (Phi) is 25.6. The van der Waals surface area contributed by atoms with E-state index in [4.69, 9.17) is 23.7 Å². The van der Waals surface area contributed by atoms with E-state index in [1.54, 1.807) is 128 Å². The Hall–Kier alpha value is -7.73. The van der Waals surface area contributed by atoms with E-state index in [1.165, 1.54) is 12.1 Å². The van der Waals surface area contributed by atoms with Gasteiger partial charge in [0.25, 0.3) is 0 Å². The van der Waals surface area contributed by atoms with Gasteiger partial charge in [-0.25, -0.2) is 24.0 Å². The molecule has 1 heterocycles. The smallest absolute Gasteiger partial charge is 0.408 e. The highest BCUT2D eigenvalue weighted by molar-refractivity contribution is 5.96. The van der Waals surface area contributed by atoms with Gasteiger partial charge in [0.05, 0.1) is 0 Å². The van der Waals surface area contributed by atoms with Crippen LogP contribution in [0.25, 0.3) is 11.1 Å². The third-order valence-electron chi connectivity index (χ3n) is 11.6. The van der Waals surface area contributed by atoms with Crippen molar-refractivity contribution in [3.8, 4) is 22.6 Å². The molecule has 83 heavy (non-hydrogen) atoms. The van der Waals surface area contributed by atoms with Crippen molar-refractivity contribution in [2.45, 2.75) is 213 Å². The van der Waals surface area contributed by atoms with E-state index in [1.807, 2.05) is 0 Å². The van der Waals surface area contributed by atoms with Gasteiger partial charge in [-0.1, -0.05) is 12.1 Å². The normalized spacial score (nSPS) is 16.7. The summed E-state index contributed by atoms with van der Waals surface area (Å²) in [6.07, 6.45) is -4.10. The van der Waals surface area contributed by atoms with Crippen LogP contribution in [0.1, 0.15) is 154 Å². The van der Waals surface area contributed by atoms with E-state index < -0.39 is 112 Å². The molecule has 0 saturated heterocycles. The van der Waals surface area contributed by atoms with Crippen molar-refractivity contribution in [3.63, 3.8) is 0 Å². The number of amides is 9. The van der Waals surface area contributed by atoms with Gasteiger partial charge >= 0.3 is 30.5 Å². The Morgan fingerprint density at radius 1 is 0.530 bits per heavy atom. The number of carbonyl (C=O) groups is 9. The van der Waals surface area contributed by atoms with Gasteiger partial charge in [-0.05, 0) is 189 Å². The first-order valence-electron chi connectivity index (χ1n) is 28.0. The largest absolute Gasteiger partial charge is 0.508 e. The Morgan fingerprint density at radius 2 is 0.964 bits per heavy atom. The number of carbonyl (C=O) groups excluding carboxylic acids is 9. The number of rotatable bonds is 19. The predicted octanol–water partition coefficient (Wildman–Crippen LogP) is 6.14. The van der Waals surface area contributed by atoms with Crippen LogP contribution in [0.15, 0.2) is 36.4 Å². The second kappa shape index (κ2) is 30.5. The summed E-state index contributed by atoms with van der Waals surface area (Å²) >= 11 is 0. The molecule has 2 aromatic carbocycles. The number of hydrogen-bond acceptors (Lipinski definition) is 16. The zero-order valence-electron chi connectivity index (χ0n) is 50.9. The average Bonchev–Trinajstić information content (AvgIpc) is 3.48. The summed E-state index contributed by atoms with van der Waals surface area (Å²) in [5, 5.41) is 46.7. The zero-order chi connectivity index (χ0) is 62.7. The van der Waals surface area contributed by atoms with Crippen LogP contribution in [0.4, 0.5) is 24.0 Å². The third kappa shape index (κ3) is 28.2. The second-order valence-corrected chi connectivity index (χ2v) is 25.3. The molecule has 25 heteroatoms. The first-order chi connectivity index (χ1) is 38.2. The summed E-state index contributed by atoms with van der Waals surface area (Å²) in [6.45, 7) is 25.1. The maximum Gasteiger partial charge on any atom is 0.408 e. The Morgan fingerprint density at radius 3 is 1.45 bits per heavy atom. The Bertz CT molecular complexity index is 2580. The number of phenolic OH excluding ortho intramolecular Hbond substituents is 2. The van der Waals surface area contributed by atoms with Gasteiger partial charge < -0.3 is 81.7 Å². The molecule has 4 bridgehead atoms. The molecule has 1 aliphatic heterocycles. The lowest BCUT2D eigenvalue weighted by Gasteiger charge is -2.28. The lowest BCUT2D eigenvalue weighted by atomic mass is 9.95. The van der Waals surface area contributed by atoms with Crippen LogP contribution < -0.4 is 47.9 Å². The molecule has 464 valence electrons. The van der Waals surface area contributed by atoms with Crippen molar-refractivity contribution in [1.82, 2.24) is 47.9 Å². The quantitative estimate of drug-likeness (QED) is 0.0556. The molecule has 9 amide bonds. The SMILES string of the molecule is CC(C)(C)OC(=O)NCCC[C@@H](CNC(=O)[C@H](CCCNC(=O)OC(C)(C)C)NC(=O)[C@@H]1Cc2cc(ccc2O)-c2ccc(O)c(c2)C[C@H](NC(=O)OC(C)(C)C)C(=O)N[C@@H](CCCNC(=O)OC(C)(C)C)C(=O)N1)NC(=O)OC(C)(C)C. The minimum Gasteiger partial charge on any atom is -0.508 e. The van der Waals surface area contributed by atoms with Crippen molar-refractivity contribution in [2.75, 3.05) is 26.2 Å². The van der Waals surface area contributed by atoms with E-state index in [0.717, 1.165) is 0 Å². The van der Waals surface area contributed by atoms with Crippen LogP contribution in [0.3, 0.4) is 0 Å². The number of hydrogen-bond donors (Lipinski definition) is 11. The number of nitrogens with one attached hydrogen (secondary N) is 9. The highest BCUT2D eigenvalue weighted by atomic mass is 16.6. The van der Waals surface area contributed by atoms with Crippen LogP contribution in [-0.2, 0) is 55.7 Å². The number of phenols is 2. The van der Waals surface area contributed by atoms with E-state index in [0.29, 0.717) is 17.5 Å². The van der Waals surface area contributed by atoms with Crippen LogP contribution in [0.2, 0.25) is 0 Å². The zero-order valence-corrected chi connectivity index (χ0v) is 50.9. The summed E-state index contributed by atoms with van der Waals surface area (Å²) in [4.78, 5) is 123. The molecule has 3 rings (SSSR count). The van der Waals surface area contributed by atoms with Crippen LogP contribution in [0.5, 0.6) is 11.5 Å². The molecule has 0 fully saturated rings. The van der Waals surface area contributed by atoms with Crippen LogP contribution in [-0.4, -0.2) is 149 Å². The topological polar surface area (TPSA) is 349 Å². The first-order valence-corrected chi connectivity index (χ1v) is 28.0. The summed E-state index contributed by atoms with van der Waals surface area (Å²) < 4.78 is 27.0. The van der Waals surface area contributed by atoms with E-state index in [9.17, 15) is 53.4 Å². The molecular weight excluding hydrogens is 1080 g/mol. The standard InChI is InChI=1S/C58H91N9O16/c1-54(2,3)79-49(74)59-26-16-19-38(63-52(77)82-57(10,11)12)33-62-45(70)39(20-17-27-60-50(75)80-55(4,5)6)64-47(72)41-31-36-29-34(22-24-43(36)68)35-23-25-44(69)37(30-35)32-42(67-53(78)83-58(13,14)15)48(73)65-40(46(71)66-41)21-18-28-61-51(76)81-56(7,8)9/h22-25,29-30,38-42,68-69H,16-21,26-28,31-33H2,1-15H3,(H,59,74)(H,60,75)(H,61,76)(H,62,70)(H,63,77)(H,64,72)(H,65,73)(H,66,71)(H,67,78)/t38-,39-,40-,41-,42-/m0/s1. The molecule has 0 radical (unpaired) electrons. The predicted molar refractivity (Wildman–Crippen MR) is 308 cm³/mol. The van der Waals surface area contributed by atoms with Gasteiger partial charge in [0.15, 0.2) is 0 Å². The van der Waals surface area contributed by atoms with E-state index in [2.05, 4.69) is 47.9 Å². The lowest BCUT2D eigenvalue weighted by molar-refractivity contribution is -0.134. The second-order valence-electron chi connectivity index (χ2n) is 25.3. The maximum absolute atomic E-state index is 14.9. The van der Waals surface area contributed by atoms with Gasteiger partial charge in [-0.2, -0.15) is 0 Å². The minimum absolute atomic E-state index is 0.00418. The number of alkyl carbamates (subject to hydrolysis) is 5. The third-order valence-corrected chi connectivity index (χ3v) is 11.6. The molecule has 5 atom stereocenters. The fourth-order valence-corrected chi connectivity index (χ4v) is 8.04. The van der Waals surface area contributed by atoms with Crippen molar-refractivity contribution >= 4 is 54.1 Å².